The van der Waals surface area contributed by atoms with Crippen LogP contribution in [0.1, 0.15) is 11.1 Å². The summed E-state index contributed by atoms with van der Waals surface area (Å²) >= 11 is 0. The Morgan fingerprint density at radius 2 is 1.94 bits per heavy atom. The van der Waals surface area contributed by atoms with Crippen molar-refractivity contribution in [1.29, 1.82) is 0 Å². The highest BCUT2D eigenvalue weighted by Gasteiger charge is 2.11. The number of amidine groups is 1. The number of aliphatic imine (C=N–C) groups is 1. The van der Waals surface area contributed by atoms with Crippen LogP contribution in [0.15, 0.2) is 45.6 Å². The molecule has 16 heavy (non-hydrogen) atoms. The van der Waals surface area contributed by atoms with Crippen molar-refractivity contribution in [2.24, 2.45) is 15.2 Å². The summed E-state index contributed by atoms with van der Waals surface area (Å²) < 4.78 is 0. The third-order valence-electron chi connectivity index (χ3n) is 2.02. The lowest BCUT2D eigenvalue weighted by Gasteiger charge is -1.97. The van der Waals surface area contributed by atoms with Gasteiger partial charge < -0.3 is 5.11 Å². The van der Waals surface area contributed by atoms with E-state index in [-0.39, 0.29) is 6.61 Å². The summed E-state index contributed by atoms with van der Waals surface area (Å²) in [7, 11) is 0. The van der Waals surface area contributed by atoms with Crippen molar-refractivity contribution in [1.82, 2.24) is 0 Å². The highest BCUT2D eigenvalue weighted by atomic mass is 16.2. The van der Waals surface area contributed by atoms with E-state index in [0.717, 1.165) is 11.1 Å². The van der Waals surface area contributed by atoms with Crippen LogP contribution in [0, 0.1) is 0 Å². The van der Waals surface area contributed by atoms with Gasteiger partial charge in [0.25, 0.3) is 0 Å². The van der Waals surface area contributed by atoms with Gasteiger partial charge in [-0.3, -0.25) is 0 Å². The summed E-state index contributed by atoms with van der Waals surface area (Å²) in [5.41, 5.74) is 1.70. The van der Waals surface area contributed by atoms with Gasteiger partial charge in [0.2, 0.25) is 0 Å². The first kappa shape index (κ1) is 10.4. The molecule has 0 radical (unpaired) electrons. The van der Waals surface area contributed by atoms with E-state index in [2.05, 4.69) is 15.2 Å². The molecule has 1 N–H and O–H groups in total. The first-order chi connectivity index (χ1) is 7.79. The maximum Gasteiger partial charge on any atom is 0.387 e. The van der Waals surface area contributed by atoms with E-state index in [0.29, 0.717) is 5.84 Å². The monoisotopic (exact) mass is 215 g/mol. The SMILES string of the molecule is O=C1N=NC(c2ccc(C=CCO)cc2)=N1. The lowest BCUT2D eigenvalue weighted by molar-refractivity contribution is 0.257. The number of rotatable bonds is 3. The lowest BCUT2D eigenvalue weighted by Crippen LogP contribution is -1.93. The number of amides is 2. The molecule has 0 aliphatic carbocycles. The van der Waals surface area contributed by atoms with Crippen LogP contribution < -0.4 is 0 Å². The van der Waals surface area contributed by atoms with Gasteiger partial charge in [0.15, 0.2) is 5.84 Å². The van der Waals surface area contributed by atoms with Gasteiger partial charge in [-0.05, 0) is 5.56 Å². The molecule has 0 fully saturated rings. The van der Waals surface area contributed by atoms with Gasteiger partial charge in [-0.15, -0.1) is 5.11 Å². The summed E-state index contributed by atoms with van der Waals surface area (Å²) in [5.74, 6) is 0.336. The van der Waals surface area contributed by atoms with Crippen LogP contribution in [0.25, 0.3) is 6.08 Å². The van der Waals surface area contributed by atoms with Gasteiger partial charge in [-0.2, -0.15) is 4.99 Å². The average molecular weight is 215 g/mol. The average Bonchev–Trinajstić information content (AvgIpc) is 2.74. The third kappa shape index (κ3) is 2.26. The molecule has 0 bridgehead atoms. The molecule has 0 spiro atoms. The van der Waals surface area contributed by atoms with E-state index < -0.39 is 6.03 Å². The molecule has 2 amide bonds. The smallest absolute Gasteiger partial charge is 0.387 e. The Morgan fingerprint density at radius 1 is 1.19 bits per heavy atom. The quantitative estimate of drug-likeness (QED) is 0.837. The number of aliphatic hydroxyl groups excluding tert-OH is 1. The number of azo groups is 1. The standard InChI is InChI=1S/C11H9N3O2/c15-7-1-2-8-3-5-9(6-4-8)10-12-11(16)14-13-10/h1-6,15H,7H2. The predicted octanol–water partition coefficient (Wildman–Crippen LogP) is 2.02. The highest BCUT2D eigenvalue weighted by Crippen LogP contribution is 2.11. The third-order valence-corrected chi connectivity index (χ3v) is 2.02. The fourth-order valence-electron chi connectivity index (χ4n) is 1.28. The molecule has 0 aromatic heterocycles. The Labute approximate surface area is 91.9 Å². The second-order valence-corrected chi connectivity index (χ2v) is 3.12. The lowest BCUT2D eigenvalue weighted by atomic mass is 10.1. The molecule has 2 rings (SSSR count). The number of nitrogens with zero attached hydrogens (tertiary/aromatic N) is 3. The molecule has 1 heterocycles. The van der Waals surface area contributed by atoms with Crippen molar-refractivity contribution in [3.63, 3.8) is 0 Å². The molecular weight excluding hydrogens is 206 g/mol. The van der Waals surface area contributed by atoms with Gasteiger partial charge in [0, 0.05) is 5.56 Å². The normalized spacial score (nSPS) is 14.8. The molecule has 1 aliphatic rings. The number of hydrogen-bond donors (Lipinski definition) is 1. The molecule has 5 nitrogen and oxygen atoms in total. The van der Waals surface area contributed by atoms with Crippen LogP contribution in [0.3, 0.4) is 0 Å². The van der Waals surface area contributed by atoms with E-state index in [1.165, 1.54) is 0 Å². The summed E-state index contributed by atoms with van der Waals surface area (Å²) in [6, 6.07) is 6.73. The molecule has 0 saturated carbocycles. The topological polar surface area (TPSA) is 74.4 Å². The Kier molecular flexibility index (Phi) is 2.98. The van der Waals surface area contributed by atoms with Crippen molar-refractivity contribution in [2.75, 3.05) is 6.61 Å². The number of hydrogen-bond acceptors (Lipinski definition) is 3. The van der Waals surface area contributed by atoms with Gasteiger partial charge >= 0.3 is 6.03 Å². The van der Waals surface area contributed by atoms with E-state index >= 15 is 0 Å². The number of carbonyl (C=O) groups is 1. The van der Waals surface area contributed by atoms with E-state index in [4.69, 9.17) is 5.11 Å². The summed E-state index contributed by atoms with van der Waals surface area (Å²) in [4.78, 5) is 14.4. The van der Waals surface area contributed by atoms with Gasteiger partial charge in [-0.25, -0.2) is 4.79 Å². The minimum atomic E-state index is -0.570. The van der Waals surface area contributed by atoms with Crippen molar-refractivity contribution in [2.45, 2.75) is 0 Å². The second kappa shape index (κ2) is 4.59. The summed E-state index contributed by atoms with van der Waals surface area (Å²) in [6.45, 7) is 0.0111. The number of carbonyl (C=O) groups excluding carboxylic acids is 1. The fourth-order valence-corrected chi connectivity index (χ4v) is 1.28. The molecular formula is C11H9N3O2. The first-order valence-electron chi connectivity index (χ1n) is 4.72. The maximum absolute atomic E-state index is 10.7. The van der Waals surface area contributed by atoms with Crippen LogP contribution in [0.5, 0.6) is 0 Å². The minimum Gasteiger partial charge on any atom is -0.392 e. The van der Waals surface area contributed by atoms with Crippen LogP contribution in [-0.4, -0.2) is 23.6 Å². The zero-order valence-corrected chi connectivity index (χ0v) is 8.37. The van der Waals surface area contributed by atoms with Gasteiger partial charge in [0.1, 0.15) is 0 Å². The van der Waals surface area contributed by atoms with Crippen LogP contribution in [-0.2, 0) is 0 Å². The Balaban J connectivity index is 2.20. The molecule has 1 aromatic rings. The number of urea groups is 1. The zero-order valence-electron chi connectivity index (χ0n) is 8.37. The van der Waals surface area contributed by atoms with Crippen molar-refractivity contribution < 1.29 is 9.90 Å². The fraction of sp³-hybridized carbons (Fsp3) is 0.0909. The number of benzene rings is 1. The predicted molar refractivity (Wildman–Crippen MR) is 59.4 cm³/mol. The van der Waals surface area contributed by atoms with E-state index in [1.54, 1.807) is 24.3 Å². The summed E-state index contributed by atoms with van der Waals surface area (Å²) in [5, 5.41) is 15.6. The Bertz CT molecular complexity index is 486. The largest absolute Gasteiger partial charge is 0.392 e. The summed E-state index contributed by atoms with van der Waals surface area (Å²) in [6.07, 6.45) is 3.44. The van der Waals surface area contributed by atoms with Crippen LogP contribution in [0.2, 0.25) is 0 Å². The molecule has 0 saturated heterocycles. The maximum atomic E-state index is 10.7. The van der Waals surface area contributed by atoms with E-state index in [1.807, 2.05) is 12.1 Å². The first-order valence-corrected chi connectivity index (χ1v) is 4.72. The van der Waals surface area contributed by atoms with Crippen LogP contribution in [0.4, 0.5) is 4.79 Å². The minimum absolute atomic E-state index is 0.0111. The molecule has 80 valence electrons. The zero-order chi connectivity index (χ0) is 11.4. The number of aliphatic hydroxyl groups is 1. The van der Waals surface area contributed by atoms with Gasteiger partial charge in [-0.1, -0.05) is 41.5 Å². The molecule has 1 aliphatic heterocycles. The molecule has 0 unspecified atom stereocenters. The molecule has 5 heteroatoms. The van der Waals surface area contributed by atoms with Crippen LogP contribution >= 0.6 is 0 Å². The Morgan fingerprint density at radius 3 is 2.50 bits per heavy atom. The van der Waals surface area contributed by atoms with E-state index in [9.17, 15) is 4.79 Å². The second-order valence-electron chi connectivity index (χ2n) is 3.12. The van der Waals surface area contributed by atoms with Crippen molar-refractivity contribution in [3.8, 4) is 0 Å². The highest BCUT2D eigenvalue weighted by molar-refractivity contribution is 6.08. The molecule has 0 atom stereocenters. The van der Waals surface area contributed by atoms with Gasteiger partial charge in [0.05, 0.1) is 6.61 Å². The van der Waals surface area contributed by atoms with Crippen molar-refractivity contribution >= 4 is 17.9 Å². The molecule has 1 aromatic carbocycles. The Hall–Kier alpha value is -2.14. The van der Waals surface area contributed by atoms with Crippen molar-refractivity contribution in [3.05, 3.63) is 41.5 Å².